The van der Waals surface area contributed by atoms with E-state index >= 15 is 0 Å². The van der Waals surface area contributed by atoms with Gasteiger partial charge in [0.05, 0.1) is 16.6 Å². The van der Waals surface area contributed by atoms with Crippen molar-refractivity contribution in [3.05, 3.63) is 35.0 Å². The molecule has 0 saturated heterocycles. The molecule has 0 unspecified atom stereocenters. The van der Waals surface area contributed by atoms with E-state index in [1.165, 1.54) is 18.0 Å². The zero-order valence-corrected chi connectivity index (χ0v) is 17.5. The van der Waals surface area contributed by atoms with Gasteiger partial charge >= 0.3 is 6.18 Å². The van der Waals surface area contributed by atoms with Gasteiger partial charge in [-0.1, -0.05) is 0 Å². The Balaban J connectivity index is 1.52. The Morgan fingerprint density at radius 3 is 2.25 bits per heavy atom. The molecular weight excluding hydrogens is 423 g/mol. The second kappa shape index (κ2) is 7.43. The predicted molar refractivity (Wildman–Crippen MR) is 110 cm³/mol. The fourth-order valence-electron chi connectivity index (χ4n) is 6.67. The van der Waals surface area contributed by atoms with Gasteiger partial charge in [-0.25, -0.2) is 5.48 Å². The Kier molecular flexibility index (Phi) is 4.92. The number of pyridine rings is 1. The number of carbonyl (C=O) groups excluding carboxylic acids is 2. The van der Waals surface area contributed by atoms with Crippen molar-refractivity contribution in [3.63, 3.8) is 0 Å². The Morgan fingerprint density at radius 2 is 1.69 bits per heavy atom. The molecule has 0 aliphatic heterocycles. The average Bonchev–Trinajstić information content (AvgIpc) is 2.70. The fraction of sp³-hybridized carbons (Fsp3) is 0.522. The van der Waals surface area contributed by atoms with Gasteiger partial charge < -0.3 is 5.32 Å². The third-order valence-electron chi connectivity index (χ3n) is 7.59. The van der Waals surface area contributed by atoms with Crippen molar-refractivity contribution >= 4 is 28.4 Å². The maximum Gasteiger partial charge on any atom is 0.417 e. The van der Waals surface area contributed by atoms with Crippen molar-refractivity contribution in [2.45, 2.75) is 45.2 Å². The van der Waals surface area contributed by atoms with Gasteiger partial charge in [0, 0.05) is 23.2 Å². The minimum atomic E-state index is -4.86. The van der Waals surface area contributed by atoms with Gasteiger partial charge in [0.25, 0.3) is 5.91 Å². The second-order valence-electron chi connectivity index (χ2n) is 9.62. The highest BCUT2D eigenvalue weighted by molar-refractivity contribution is 6.02. The standard InChI is InChI=1S/C23H24F3N3O3/c1-10-2-15(28-22(31)18-13-4-11-3-12(6-13)7-14(18)5-11)8-16-19(23(24,25)26)17(21(30)29-32)9-27-20(10)16/h2,8-9,11-14,18,32H,3-7H2,1H3,(H,28,31)(H,29,30). The summed E-state index contributed by atoms with van der Waals surface area (Å²) >= 11 is 0. The molecule has 2 aromatic rings. The normalized spacial score (nSPS) is 28.7. The Bertz CT molecular complexity index is 1090. The van der Waals surface area contributed by atoms with Crippen molar-refractivity contribution in [1.82, 2.24) is 10.5 Å². The summed E-state index contributed by atoms with van der Waals surface area (Å²) in [7, 11) is 0. The maximum atomic E-state index is 13.9. The summed E-state index contributed by atoms with van der Waals surface area (Å²) in [6, 6.07) is 2.83. The van der Waals surface area contributed by atoms with E-state index in [0.717, 1.165) is 31.9 Å². The summed E-state index contributed by atoms with van der Waals surface area (Å²) in [6.07, 6.45) is 1.44. The van der Waals surface area contributed by atoms with Crippen LogP contribution in [0.2, 0.25) is 0 Å². The van der Waals surface area contributed by atoms with E-state index in [0.29, 0.717) is 29.2 Å². The number of halogens is 3. The van der Waals surface area contributed by atoms with Crippen LogP contribution in [0.15, 0.2) is 18.3 Å². The number of aromatic nitrogens is 1. The number of hydroxylamine groups is 1. The summed E-state index contributed by atoms with van der Waals surface area (Å²) in [6.45, 7) is 1.61. The van der Waals surface area contributed by atoms with Crippen LogP contribution >= 0.6 is 0 Å². The van der Waals surface area contributed by atoms with E-state index in [1.54, 1.807) is 13.0 Å². The van der Waals surface area contributed by atoms with Gasteiger partial charge in [-0.15, -0.1) is 0 Å². The van der Waals surface area contributed by atoms with Gasteiger partial charge in [-0.05, 0) is 80.4 Å². The van der Waals surface area contributed by atoms with Gasteiger partial charge in [-0.2, -0.15) is 13.2 Å². The topological polar surface area (TPSA) is 91.3 Å². The molecule has 3 N–H and O–H groups in total. The molecule has 9 heteroatoms. The van der Waals surface area contributed by atoms with Crippen molar-refractivity contribution < 1.29 is 28.0 Å². The fourth-order valence-corrected chi connectivity index (χ4v) is 6.67. The summed E-state index contributed by atoms with van der Waals surface area (Å²) in [5.41, 5.74) is 0.0547. The number of nitrogens with one attached hydrogen (secondary N) is 2. The number of aryl methyl sites for hydroxylation is 1. The highest BCUT2D eigenvalue weighted by Gasteiger charge is 2.50. The van der Waals surface area contributed by atoms with Crippen LogP contribution < -0.4 is 10.8 Å². The lowest BCUT2D eigenvalue weighted by Gasteiger charge is -2.53. The molecule has 0 atom stereocenters. The largest absolute Gasteiger partial charge is 0.417 e. The predicted octanol–water partition coefficient (Wildman–Crippen LogP) is 4.69. The molecule has 4 aliphatic rings. The molecule has 1 aromatic heterocycles. The van der Waals surface area contributed by atoms with Crippen LogP contribution in [0.25, 0.3) is 10.9 Å². The lowest BCUT2D eigenvalue weighted by Crippen LogP contribution is -2.49. The summed E-state index contributed by atoms with van der Waals surface area (Å²) in [4.78, 5) is 29.1. The molecule has 0 radical (unpaired) electrons. The second-order valence-corrected chi connectivity index (χ2v) is 9.62. The first-order valence-electron chi connectivity index (χ1n) is 10.9. The minimum absolute atomic E-state index is 0.0828. The van der Waals surface area contributed by atoms with Gasteiger partial charge in [0.2, 0.25) is 5.91 Å². The van der Waals surface area contributed by atoms with Crippen LogP contribution in [-0.2, 0) is 11.0 Å². The molecule has 6 nitrogen and oxygen atoms in total. The minimum Gasteiger partial charge on any atom is -0.326 e. The molecular formula is C23H24F3N3O3. The zero-order chi connectivity index (χ0) is 22.8. The molecule has 1 heterocycles. The van der Waals surface area contributed by atoms with Crippen LogP contribution in [0.1, 0.15) is 53.6 Å². The molecule has 2 amide bonds. The number of amides is 2. The first-order valence-corrected chi connectivity index (χ1v) is 10.9. The number of alkyl halides is 3. The number of rotatable bonds is 3. The van der Waals surface area contributed by atoms with Crippen LogP contribution in [-0.4, -0.2) is 22.0 Å². The smallest absolute Gasteiger partial charge is 0.326 e. The molecule has 4 fully saturated rings. The van der Waals surface area contributed by atoms with E-state index in [-0.39, 0.29) is 28.4 Å². The number of anilines is 1. The highest BCUT2D eigenvalue weighted by Crippen LogP contribution is 2.56. The van der Waals surface area contributed by atoms with Crippen molar-refractivity contribution in [2.24, 2.45) is 29.6 Å². The van der Waals surface area contributed by atoms with E-state index in [1.807, 2.05) is 0 Å². The summed E-state index contributed by atoms with van der Waals surface area (Å²) < 4.78 is 41.7. The molecule has 170 valence electrons. The average molecular weight is 447 g/mol. The van der Waals surface area contributed by atoms with Crippen molar-refractivity contribution in [3.8, 4) is 0 Å². The first-order chi connectivity index (χ1) is 15.2. The van der Waals surface area contributed by atoms with Crippen LogP contribution in [0.4, 0.5) is 18.9 Å². The number of hydrogen-bond donors (Lipinski definition) is 3. The van der Waals surface area contributed by atoms with Gasteiger partial charge in [0.15, 0.2) is 0 Å². The number of carbonyl (C=O) groups is 2. The SMILES string of the molecule is Cc1cc(NC(=O)C2C3CC4CC(C3)CC2C4)cc2c(C(F)(F)F)c(C(=O)NO)cnc12. The zero-order valence-electron chi connectivity index (χ0n) is 17.5. The van der Waals surface area contributed by atoms with E-state index in [2.05, 4.69) is 10.3 Å². The number of fused-ring (bicyclic) bond motifs is 1. The third kappa shape index (κ3) is 3.43. The third-order valence-corrected chi connectivity index (χ3v) is 7.59. The maximum absolute atomic E-state index is 13.9. The quantitative estimate of drug-likeness (QED) is 0.470. The number of benzene rings is 1. The molecule has 32 heavy (non-hydrogen) atoms. The monoisotopic (exact) mass is 447 g/mol. The Labute approximate surface area is 182 Å². The summed E-state index contributed by atoms with van der Waals surface area (Å²) in [5, 5.41) is 11.4. The molecule has 4 aliphatic carbocycles. The van der Waals surface area contributed by atoms with E-state index < -0.39 is 23.2 Å². The first kappa shape index (κ1) is 21.2. The van der Waals surface area contributed by atoms with Crippen LogP contribution in [0, 0.1) is 36.5 Å². The van der Waals surface area contributed by atoms with Crippen LogP contribution in [0.3, 0.4) is 0 Å². The number of nitrogens with zero attached hydrogens (tertiary/aromatic N) is 1. The van der Waals surface area contributed by atoms with Gasteiger partial charge in [0.1, 0.15) is 0 Å². The molecule has 1 aromatic carbocycles. The lowest BCUT2D eigenvalue weighted by atomic mass is 9.51. The van der Waals surface area contributed by atoms with Crippen LogP contribution in [0.5, 0.6) is 0 Å². The highest BCUT2D eigenvalue weighted by atomic mass is 19.4. The van der Waals surface area contributed by atoms with Crippen molar-refractivity contribution in [1.29, 1.82) is 0 Å². The van der Waals surface area contributed by atoms with E-state index in [9.17, 15) is 22.8 Å². The Morgan fingerprint density at radius 1 is 1.06 bits per heavy atom. The van der Waals surface area contributed by atoms with Gasteiger partial charge in [-0.3, -0.25) is 19.8 Å². The molecule has 6 rings (SSSR count). The number of hydrogen-bond acceptors (Lipinski definition) is 4. The lowest BCUT2D eigenvalue weighted by molar-refractivity contribution is -0.136. The summed E-state index contributed by atoms with van der Waals surface area (Å²) in [5.74, 6) is 0.573. The molecule has 4 saturated carbocycles. The molecule has 4 bridgehead atoms. The molecule has 0 spiro atoms. The Hall–Kier alpha value is -2.68. The van der Waals surface area contributed by atoms with E-state index in [4.69, 9.17) is 5.21 Å². The van der Waals surface area contributed by atoms with Crippen molar-refractivity contribution in [2.75, 3.05) is 5.32 Å².